The molecule has 2 rings (SSSR count). The number of aliphatic hydroxyl groups is 1. The highest BCUT2D eigenvalue weighted by Crippen LogP contribution is 2.35. The maximum absolute atomic E-state index is 9.51. The highest BCUT2D eigenvalue weighted by Gasteiger charge is 2.15. The van der Waals surface area contributed by atoms with Crippen molar-refractivity contribution in [3.8, 4) is 0 Å². The summed E-state index contributed by atoms with van der Waals surface area (Å²) >= 11 is 5.53. The number of thioether (sulfide) groups is 1. The molecule has 3 heteroatoms. The van der Waals surface area contributed by atoms with Gasteiger partial charge in [-0.2, -0.15) is 0 Å². The Hall–Kier alpha value is 0.01000. The van der Waals surface area contributed by atoms with Crippen molar-refractivity contribution in [2.75, 3.05) is 5.75 Å². The molecule has 17 heavy (non-hydrogen) atoms. The van der Waals surface area contributed by atoms with Crippen LogP contribution in [0.25, 0.3) is 0 Å². The van der Waals surface area contributed by atoms with Gasteiger partial charge in [0, 0.05) is 15.1 Å². The molecule has 0 aliphatic heterocycles. The predicted molar refractivity (Wildman–Crippen MR) is 77.5 cm³/mol. The van der Waals surface area contributed by atoms with Crippen LogP contribution in [0.4, 0.5) is 0 Å². The first kappa shape index (κ1) is 13.4. The summed E-state index contributed by atoms with van der Waals surface area (Å²) in [5.74, 6) is 2.13. The van der Waals surface area contributed by atoms with Crippen LogP contribution in [0.2, 0.25) is 0 Å². The molecule has 1 aliphatic carbocycles. The Morgan fingerprint density at radius 2 is 2.12 bits per heavy atom. The van der Waals surface area contributed by atoms with Gasteiger partial charge in [-0.3, -0.25) is 0 Å². The minimum absolute atomic E-state index is 0.389. The molecule has 1 aromatic carbocycles. The first-order valence-electron chi connectivity index (χ1n) is 6.27. The fourth-order valence-corrected chi connectivity index (χ4v) is 4.13. The molecular weight excluding hydrogens is 296 g/mol. The van der Waals surface area contributed by atoms with E-state index in [1.54, 1.807) is 6.92 Å². The van der Waals surface area contributed by atoms with E-state index in [0.717, 1.165) is 16.0 Å². The molecule has 0 radical (unpaired) electrons. The molecule has 1 fully saturated rings. The molecule has 1 nitrogen and oxygen atoms in total. The van der Waals surface area contributed by atoms with E-state index >= 15 is 0 Å². The van der Waals surface area contributed by atoms with Crippen molar-refractivity contribution >= 4 is 27.7 Å². The molecule has 0 saturated heterocycles. The Morgan fingerprint density at radius 3 is 2.71 bits per heavy atom. The van der Waals surface area contributed by atoms with Gasteiger partial charge in [0.1, 0.15) is 0 Å². The standard InChI is InChI=1S/C14H19BrOS/c1-10(16)12-6-7-14(13(15)8-12)17-9-11-4-2-3-5-11/h6-8,10-11,16H,2-5,9H2,1H3. The van der Waals surface area contributed by atoms with E-state index in [2.05, 4.69) is 22.0 Å². The average molecular weight is 315 g/mol. The third-order valence-corrected chi connectivity index (χ3v) is 5.61. The van der Waals surface area contributed by atoms with E-state index in [4.69, 9.17) is 0 Å². The number of halogens is 1. The highest BCUT2D eigenvalue weighted by atomic mass is 79.9. The fraction of sp³-hybridized carbons (Fsp3) is 0.571. The first-order chi connectivity index (χ1) is 8.16. The smallest absolute Gasteiger partial charge is 0.0762 e. The van der Waals surface area contributed by atoms with Gasteiger partial charge in [0.2, 0.25) is 0 Å². The number of hydrogen-bond acceptors (Lipinski definition) is 2. The topological polar surface area (TPSA) is 20.2 Å². The zero-order valence-electron chi connectivity index (χ0n) is 10.2. The Labute approximate surface area is 116 Å². The minimum Gasteiger partial charge on any atom is -0.389 e. The van der Waals surface area contributed by atoms with Gasteiger partial charge in [-0.25, -0.2) is 0 Å². The lowest BCUT2D eigenvalue weighted by Gasteiger charge is -2.11. The summed E-state index contributed by atoms with van der Waals surface area (Å²) in [6, 6.07) is 6.17. The molecule has 0 amide bonds. The fourth-order valence-electron chi connectivity index (χ4n) is 2.28. The quantitative estimate of drug-likeness (QED) is 0.807. The Morgan fingerprint density at radius 1 is 1.41 bits per heavy atom. The Bertz CT molecular complexity index is 372. The number of aliphatic hydroxyl groups excluding tert-OH is 1. The molecule has 1 aromatic rings. The zero-order valence-corrected chi connectivity index (χ0v) is 12.6. The highest BCUT2D eigenvalue weighted by molar-refractivity contribution is 9.10. The molecule has 1 unspecified atom stereocenters. The van der Waals surface area contributed by atoms with E-state index in [1.165, 1.54) is 36.3 Å². The van der Waals surface area contributed by atoms with Crippen LogP contribution in [0, 0.1) is 5.92 Å². The summed E-state index contributed by atoms with van der Waals surface area (Å²) in [6.07, 6.45) is 5.23. The van der Waals surface area contributed by atoms with Crippen molar-refractivity contribution in [3.63, 3.8) is 0 Å². The molecule has 0 bridgehead atoms. The van der Waals surface area contributed by atoms with E-state index in [0.29, 0.717) is 0 Å². The first-order valence-corrected chi connectivity index (χ1v) is 8.05. The van der Waals surface area contributed by atoms with Crippen LogP contribution in [0.5, 0.6) is 0 Å². The molecule has 0 aromatic heterocycles. The summed E-state index contributed by atoms with van der Waals surface area (Å²) in [5.41, 5.74) is 0.974. The molecule has 0 spiro atoms. The van der Waals surface area contributed by atoms with Gasteiger partial charge in [0.15, 0.2) is 0 Å². The van der Waals surface area contributed by atoms with Crippen molar-refractivity contribution in [1.82, 2.24) is 0 Å². The summed E-state index contributed by atoms with van der Waals surface area (Å²) in [5, 5.41) is 9.51. The molecule has 1 N–H and O–H groups in total. The third-order valence-electron chi connectivity index (χ3n) is 3.39. The SMILES string of the molecule is CC(O)c1ccc(SCC2CCCC2)c(Br)c1. The van der Waals surface area contributed by atoms with Gasteiger partial charge in [-0.1, -0.05) is 18.9 Å². The summed E-state index contributed by atoms with van der Waals surface area (Å²) < 4.78 is 1.11. The van der Waals surface area contributed by atoms with Crippen LogP contribution >= 0.6 is 27.7 Å². The summed E-state index contributed by atoms with van der Waals surface area (Å²) in [4.78, 5) is 1.29. The number of benzene rings is 1. The molecule has 94 valence electrons. The van der Waals surface area contributed by atoms with Gasteiger partial charge < -0.3 is 5.11 Å². The number of hydrogen-bond donors (Lipinski definition) is 1. The average Bonchev–Trinajstić information content (AvgIpc) is 2.80. The van der Waals surface area contributed by atoms with E-state index in [1.807, 2.05) is 23.9 Å². The van der Waals surface area contributed by atoms with E-state index in [-0.39, 0.29) is 6.10 Å². The monoisotopic (exact) mass is 314 g/mol. The maximum Gasteiger partial charge on any atom is 0.0762 e. The van der Waals surface area contributed by atoms with Crippen LogP contribution in [0.1, 0.15) is 44.3 Å². The van der Waals surface area contributed by atoms with E-state index in [9.17, 15) is 5.11 Å². The van der Waals surface area contributed by atoms with Crippen LogP contribution in [0.15, 0.2) is 27.6 Å². The molecule has 1 saturated carbocycles. The van der Waals surface area contributed by atoms with Crippen molar-refractivity contribution in [2.24, 2.45) is 5.92 Å². The van der Waals surface area contributed by atoms with Crippen LogP contribution in [-0.2, 0) is 0 Å². The van der Waals surface area contributed by atoms with Crippen molar-refractivity contribution in [3.05, 3.63) is 28.2 Å². The second-order valence-electron chi connectivity index (χ2n) is 4.83. The lowest BCUT2D eigenvalue weighted by molar-refractivity contribution is 0.199. The molecule has 1 atom stereocenters. The largest absolute Gasteiger partial charge is 0.389 e. The van der Waals surface area contributed by atoms with Crippen LogP contribution < -0.4 is 0 Å². The Balaban J connectivity index is 1.96. The molecule has 0 heterocycles. The summed E-state index contributed by atoms with van der Waals surface area (Å²) in [7, 11) is 0. The zero-order chi connectivity index (χ0) is 12.3. The second kappa shape index (κ2) is 6.26. The molecule has 1 aliphatic rings. The number of rotatable bonds is 4. The lowest BCUT2D eigenvalue weighted by atomic mass is 10.1. The predicted octanol–water partition coefficient (Wildman–Crippen LogP) is 4.78. The van der Waals surface area contributed by atoms with Gasteiger partial charge in [-0.05, 0) is 59.3 Å². The van der Waals surface area contributed by atoms with Crippen molar-refractivity contribution in [1.29, 1.82) is 0 Å². The van der Waals surface area contributed by atoms with Crippen molar-refractivity contribution < 1.29 is 5.11 Å². The van der Waals surface area contributed by atoms with E-state index < -0.39 is 0 Å². The maximum atomic E-state index is 9.51. The Kier molecular flexibility index (Phi) is 4.95. The summed E-state index contributed by atoms with van der Waals surface area (Å²) in [6.45, 7) is 1.80. The van der Waals surface area contributed by atoms with Crippen LogP contribution in [0.3, 0.4) is 0 Å². The third kappa shape index (κ3) is 3.73. The van der Waals surface area contributed by atoms with Gasteiger partial charge >= 0.3 is 0 Å². The van der Waals surface area contributed by atoms with Gasteiger partial charge in [-0.15, -0.1) is 11.8 Å². The van der Waals surface area contributed by atoms with Crippen molar-refractivity contribution in [2.45, 2.75) is 43.6 Å². The lowest BCUT2D eigenvalue weighted by Crippen LogP contribution is -1.97. The normalized spacial score (nSPS) is 18.5. The minimum atomic E-state index is -0.389. The van der Waals surface area contributed by atoms with Gasteiger partial charge in [0.05, 0.1) is 6.10 Å². The van der Waals surface area contributed by atoms with Gasteiger partial charge in [0.25, 0.3) is 0 Å². The van der Waals surface area contributed by atoms with Crippen LogP contribution in [-0.4, -0.2) is 10.9 Å². The molecular formula is C14H19BrOS. The second-order valence-corrected chi connectivity index (χ2v) is 6.74.